The monoisotopic (exact) mass is 368 g/mol. The number of carboxylic acids is 1. The fourth-order valence-corrected chi connectivity index (χ4v) is 4.33. The third-order valence-electron chi connectivity index (χ3n) is 2.96. The lowest BCUT2D eigenvalue weighted by molar-refractivity contribution is 0.0696. The first-order valence-corrected chi connectivity index (χ1v) is 8.95. The predicted molar refractivity (Wildman–Crippen MR) is 88.8 cm³/mol. The van der Waals surface area contributed by atoms with Gasteiger partial charge in [-0.05, 0) is 36.4 Å². The van der Waals surface area contributed by atoms with Gasteiger partial charge in [0.25, 0.3) is 10.0 Å². The molecule has 3 aromatic rings. The molecule has 0 aliphatic carbocycles. The van der Waals surface area contributed by atoms with E-state index in [-0.39, 0.29) is 15.6 Å². The van der Waals surface area contributed by atoms with Gasteiger partial charge in [0.05, 0.1) is 20.7 Å². The summed E-state index contributed by atoms with van der Waals surface area (Å²) < 4.78 is 27.8. The summed E-state index contributed by atoms with van der Waals surface area (Å²) in [6.07, 6.45) is 0. The summed E-state index contributed by atoms with van der Waals surface area (Å²) in [6, 6.07) is 10.2. The van der Waals surface area contributed by atoms with E-state index in [0.29, 0.717) is 10.5 Å². The van der Waals surface area contributed by atoms with E-state index >= 15 is 0 Å². The number of benzene rings is 2. The lowest BCUT2D eigenvalue weighted by Gasteiger charge is -2.05. The minimum atomic E-state index is -3.93. The molecule has 1 aromatic heterocycles. The van der Waals surface area contributed by atoms with Crippen LogP contribution in [0.4, 0.5) is 5.13 Å². The van der Waals surface area contributed by atoms with Crippen LogP contribution in [0.5, 0.6) is 0 Å². The van der Waals surface area contributed by atoms with Crippen LogP contribution in [0.15, 0.2) is 47.4 Å². The van der Waals surface area contributed by atoms with Crippen molar-refractivity contribution in [2.45, 2.75) is 4.90 Å². The number of aromatic nitrogens is 1. The van der Waals surface area contributed by atoms with Gasteiger partial charge in [0.2, 0.25) is 0 Å². The molecule has 0 unspecified atom stereocenters. The van der Waals surface area contributed by atoms with E-state index < -0.39 is 16.0 Å². The van der Waals surface area contributed by atoms with Crippen LogP contribution < -0.4 is 4.72 Å². The van der Waals surface area contributed by atoms with Gasteiger partial charge in [-0.25, -0.2) is 18.2 Å². The molecule has 2 aromatic carbocycles. The molecular formula is C14H9ClN2O4S2. The van der Waals surface area contributed by atoms with Crippen LogP contribution in [0.3, 0.4) is 0 Å². The molecule has 118 valence electrons. The van der Waals surface area contributed by atoms with Crippen LogP contribution in [0.1, 0.15) is 10.4 Å². The van der Waals surface area contributed by atoms with Crippen molar-refractivity contribution in [3.05, 3.63) is 53.1 Å². The predicted octanol–water partition coefficient (Wildman–Crippen LogP) is 3.45. The van der Waals surface area contributed by atoms with E-state index in [0.717, 1.165) is 22.1 Å². The molecular weight excluding hydrogens is 360 g/mol. The maximum Gasteiger partial charge on any atom is 0.335 e. The number of rotatable bonds is 4. The van der Waals surface area contributed by atoms with Crippen LogP contribution in [0.2, 0.25) is 5.02 Å². The Kier molecular flexibility index (Phi) is 3.97. The Hall–Kier alpha value is -2.16. The molecule has 0 aliphatic heterocycles. The number of hydrogen-bond donors (Lipinski definition) is 2. The molecule has 23 heavy (non-hydrogen) atoms. The van der Waals surface area contributed by atoms with Crippen LogP contribution in [-0.2, 0) is 10.0 Å². The van der Waals surface area contributed by atoms with Crippen LogP contribution in [0, 0.1) is 0 Å². The average molecular weight is 369 g/mol. The van der Waals surface area contributed by atoms with Crippen molar-refractivity contribution in [2.75, 3.05) is 4.72 Å². The molecule has 0 amide bonds. The molecule has 9 heteroatoms. The molecule has 0 radical (unpaired) electrons. The molecule has 0 bridgehead atoms. The first-order chi connectivity index (χ1) is 10.8. The second-order valence-corrected chi connectivity index (χ2v) is 7.72. The number of sulfonamides is 1. The summed E-state index contributed by atoms with van der Waals surface area (Å²) in [5.41, 5.74) is 0.514. The van der Waals surface area contributed by atoms with Crippen molar-refractivity contribution < 1.29 is 18.3 Å². The third kappa shape index (κ3) is 3.29. The highest BCUT2D eigenvalue weighted by atomic mass is 35.5. The zero-order valence-corrected chi connectivity index (χ0v) is 13.7. The van der Waals surface area contributed by atoms with Crippen LogP contribution in [-0.4, -0.2) is 24.5 Å². The average Bonchev–Trinajstić information content (AvgIpc) is 2.87. The number of carbonyl (C=O) groups is 1. The molecule has 3 rings (SSSR count). The normalized spacial score (nSPS) is 11.5. The SMILES string of the molecule is O=C(O)c1cccc(S(=O)(=O)Nc2nc3ccc(Cl)cc3s2)c1. The number of nitrogens with one attached hydrogen (secondary N) is 1. The van der Waals surface area contributed by atoms with E-state index in [9.17, 15) is 13.2 Å². The third-order valence-corrected chi connectivity index (χ3v) is 5.60. The second-order valence-electron chi connectivity index (χ2n) is 4.57. The number of nitrogens with zero attached hydrogens (tertiary/aromatic N) is 1. The van der Waals surface area contributed by atoms with Gasteiger partial charge < -0.3 is 5.11 Å². The van der Waals surface area contributed by atoms with Crippen molar-refractivity contribution in [1.29, 1.82) is 0 Å². The van der Waals surface area contributed by atoms with E-state index in [2.05, 4.69) is 9.71 Å². The molecule has 0 aliphatic rings. The summed E-state index contributed by atoms with van der Waals surface area (Å²) in [7, 11) is -3.93. The van der Waals surface area contributed by atoms with E-state index in [1.54, 1.807) is 18.2 Å². The summed E-state index contributed by atoms with van der Waals surface area (Å²) in [5, 5.41) is 9.66. The lowest BCUT2D eigenvalue weighted by Crippen LogP contribution is -2.13. The molecule has 2 N–H and O–H groups in total. The summed E-state index contributed by atoms with van der Waals surface area (Å²) in [6.45, 7) is 0. The maximum absolute atomic E-state index is 12.4. The zero-order valence-electron chi connectivity index (χ0n) is 11.4. The standard InChI is InChI=1S/C14H9ClN2O4S2/c15-9-4-5-11-12(7-9)22-14(16-11)17-23(20,21)10-3-1-2-8(6-10)13(18)19/h1-7H,(H,16,17)(H,18,19). The Morgan fingerprint density at radius 3 is 2.74 bits per heavy atom. The van der Waals surface area contributed by atoms with Crippen molar-refractivity contribution in [1.82, 2.24) is 4.98 Å². The van der Waals surface area contributed by atoms with Gasteiger partial charge >= 0.3 is 5.97 Å². The van der Waals surface area contributed by atoms with Gasteiger partial charge in [0.15, 0.2) is 5.13 Å². The van der Waals surface area contributed by atoms with Crippen molar-refractivity contribution in [2.24, 2.45) is 0 Å². The number of aromatic carboxylic acids is 1. The fourth-order valence-electron chi connectivity index (χ4n) is 1.91. The number of carboxylic acid groups (broad SMARTS) is 1. The molecule has 0 saturated carbocycles. The van der Waals surface area contributed by atoms with Gasteiger partial charge in [0, 0.05) is 5.02 Å². The maximum atomic E-state index is 12.4. The van der Waals surface area contributed by atoms with Crippen molar-refractivity contribution in [3.63, 3.8) is 0 Å². The number of hydrogen-bond acceptors (Lipinski definition) is 5. The fraction of sp³-hybridized carbons (Fsp3) is 0. The number of anilines is 1. The Morgan fingerprint density at radius 2 is 2.00 bits per heavy atom. The van der Waals surface area contributed by atoms with Crippen LogP contribution in [0.25, 0.3) is 10.2 Å². The molecule has 0 fully saturated rings. The van der Waals surface area contributed by atoms with Gasteiger partial charge in [-0.15, -0.1) is 0 Å². The van der Waals surface area contributed by atoms with Gasteiger partial charge in [-0.3, -0.25) is 4.72 Å². The lowest BCUT2D eigenvalue weighted by atomic mass is 10.2. The smallest absolute Gasteiger partial charge is 0.335 e. The van der Waals surface area contributed by atoms with Gasteiger partial charge in [-0.1, -0.05) is 29.0 Å². The highest BCUT2D eigenvalue weighted by Crippen LogP contribution is 2.29. The Labute approximate surface area is 140 Å². The molecule has 0 saturated heterocycles. The zero-order chi connectivity index (χ0) is 16.6. The second kappa shape index (κ2) is 5.80. The van der Waals surface area contributed by atoms with E-state index in [4.69, 9.17) is 16.7 Å². The topological polar surface area (TPSA) is 96.4 Å². The number of fused-ring (bicyclic) bond motifs is 1. The highest BCUT2D eigenvalue weighted by molar-refractivity contribution is 7.93. The minimum Gasteiger partial charge on any atom is -0.478 e. The first kappa shape index (κ1) is 15.7. The Balaban J connectivity index is 1.96. The molecule has 0 atom stereocenters. The molecule has 1 heterocycles. The van der Waals surface area contributed by atoms with Gasteiger partial charge in [0.1, 0.15) is 0 Å². The summed E-state index contributed by atoms with van der Waals surface area (Å²) >= 11 is 7.03. The highest BCUT2D eigenvalue weighted by Gasteiger charge is 2.18. The number of thiazole rings is 1. The van der Waals surface area contributed by atoms with Crippen LogP contribution >= 0.6 is 22.9 Å². The quantitative estimate of drug-likeness (QED) is 0.735. The first-order valence-electron chi connectivity index (χ1n) is 6.27. The Morgan fingerprint density at radius 1 is 1.22 bits per heavy atom. The molecule has 0 spiro atoms. The van der Waals surface area contributed by atoms with Crippen molar-refractivity contribution >= 4 is 54.3 Å². The number of halogens is 1. The van der Waals surface area contributed by atoms with Crippen molar-refractivity contribution in [3.8, 4) is 0 Å². The van der Waals surface area contributed by atoms with E-state index in [1.165, 1.54) is 18.2 Å². The van der Waals surface area contributed by atoms with Gasteiger partial charge in [-0.2, -0.15) is 0 Å². The summed E-state index contributed by atoms with van der Waals surface area (Å²) in [5.74, 6) is -1.20. The minimum absolute atomic E-state index is 0.107. The van der Waals surface area contributed by atoms with E-state index in [1.807, 2.05) is 0 Å². The summed E-state index contributed by atoms with van der Waals surface area (Å²) in [4.78, 5) is 15.0. The molecule has 6 nitrogen and oxygen atoms in total. The largest absolute Gasteiger partial charge is 0.478 e. The Bertz CT molecular complexity index is 1010.